The Kier molecular flexibility index (Phi) is 4.55. The maximum atomic E-state index is 9.14. The second-order valence-corrected chi connectivity index (χ2v) is 8.13. The van der Waals surface area contributed by atoms with E-state index in [-0.39, 0.29) is 0 Å². The summed E-state index contributed by atoms with van der Waals surface area (Å²) in [6.45, 7) is 10.8. The maximum Gasteiger partial charge on any atom is 0.0693 e. The molecule has 28 heavy (non-hydrogen) atoms. The first-order valence-electron chi connectivity index (χ1n) is 9.93. The van der Waals surface area contributed by atoms with Gasteiger partial charge in [-0.1, -0.05) is 48.0 Å². The van der Waals surface area contributed by atoms with Crippen molar-refractivity contribution >= 4 is 22.1 Å². The van der Waals surface area contributed by atoms with Crippen LogP contribution < -0.4 is 0 Å². The molecule has 0 saturated heterocycles. The molecule has 1 N–H and O–H groups in total. The van der Waals surface area contributed by atoms with Crippen LogP contribution >= 0.6 is 0 Å². The van der Waals surface area contributed by atoms with E-state index in [9.17, 15) is 0 Å². The average Bonchev–Trinajstić information content (AvgIpc) is 3.02. The van der Waals surface area contributed by atoms with Crippen molar-refractivity contribution in [1.82, 2.24) is 0 Å². The molecule has 0 amide bonds. The van der Waals surface area contributed by atoms with E-state index in [4.69, 9.17) is 5.41 Å². The van der Waals surface area contributed by atoms with Gasteiger partial charge in [-0.3, -0.25) is 5.41 Å². The van der Waals surface area contributed by atoms with Crippen LogP contribution in [0, 0.1) is 26.2 Å². The standard InChI is InChI=1S/C27H27N/c1-16-12-18(3)24(13-16)25-14-21-8-6-7-9-22(21)15-26(25)27(28)23-11-10-17(2)19(4)20(23)5/h6-12,14-15,28H,13H2,1-5H3. The van der Waals surface area contributed by atoms with E-state index in [1.807, 2.05) is 0 Å². The Morgan fingerprint density at radius 2 is 1.46 bits per heavy atom. The van der Waals surface area contributed by atoms with Gasteiger partial charge in [0, 0.05) is 11.1 Å². The number of fused-ring (bicyclic) bond motifs is 1. The van der Waals surface area contributed by atoms with E-state index in [1.54, 1.807) is 0 Å². The molecule has 4 rings (SSSR count). The highest BCUT2D eigenvalue weighted by atomic mass is 14.4. The molecule has 0 aromatic heterocycles. The van der Waals surface area contributed by atoms with Gasteiger partial charge in [0.1, 0.15) is 0 Å². The van der Waals surface area contributed by atoms with Crippen molar-refractivity contribution in [3.8, 4) is 0 Å². The predicted octanol–water partition coefficient (Wildman–Crippen LogP) is 7.30. The molecule has 0 aliphatic heterocycles. The van der Waals surface area contributed by atoms with E-state index in [0.717, 1.165) is 17.5 Å². The second-order valence-electron chi connectivity index (χ2n) is 8.13. The molecule has 0 radical (unpaired) electrons. The molecule has 3 aromatic rings. The molecule has 0 heterocycles. The summed E-state index contributed by atoms with van der Waals surface area (Å²) < 4.78 is 0. The molecule has 1 aliphatic carbocycles. The number of aryl methyl sites for hydroxylation is 1. The van der Waals surface area contributed by atoms with Crippen molar-refractivity contribution in [2.75, 3.05) is 0 Å². The molecule has 0 saturated carbocycles. The lowest BCUT2D eigenvalue weighted by molar-refractivity contribution is 1.24. The fourth-order valence-electron chi connectivity index (χ4n) is 4.30. The average molecular weight is 366 g/mol. The summed E-state index contributed by atoms with van der Waals surface area (Å²) in [5, 5.41) is 11.6. The minimum absolute atomic E-state index is 0.617. The summed E-state index contributed by atoms with van der Waals surface area (Å²) in [6, 6.07) is 17.2. The molecule has 3 aromatic carbocycles. The van der Waals surface area contributed by atoms with Gasteiger partial charge in [0.25, 0.3) is 0 Å². The smallest absolute Gasteiger partial charge is 0.0693 e. The van der Waals surface area contributed by atoms with Crippen LogP contribution in [-0.2, 0) is 0 Å². The number of allylic oxidation sites excluding steroid dienone is 4. The van der Waals surface area contributed by atoms with Gasteiger partial charge in [0.05, 0.1) is 5.71 Å². The molecule has 0 bridgehead atoms. The quantitative estimate of drug-likeness (QED) is 0.471. The predicted molar refractivity (Wildman–Crippen MR) is 121 cm³/mol. The lowest BCUT2D eigenvalue weighted by atomic mass is 9.86. The third kappa shape index (κ3) is 3.01. The first-order chi connectivity index (χ1) is 13.4. The molecule has 0 spiro atoms. The van der Waals surface area contributed by atoms with E-state index in [1.165, 1.54) is 49.7 Å². The van der Waals surface area contributed by atoms with Gasteiger partial charge in [-0.2, -0.15) is 0 Å². The van der Waals surface area contributed by atoms with Gasteiger partial charge in [-0.15, -0.1) is 0 Å². The van der Waals surface area contributed by atoms with E-state index >= 15 is 0 Å². The molecule has 0 atom stereocenters. The topological polar surface area (TPSA) is 23.9 Å². The fourth-order valence-corrected chi connectivity index (χ4v) is 4.30. The molecular weight excluding hydrogens is 338 g/mol. The first-order valence-corrected chi connectivity index (χ1v) is 9.93. The molecule has 1 aliphatic rings. The summed E-state index contributed by atoms with van der Waals surface area (Å²) >= 11 is 0. The van der Waals surface area contributed by atoms with E-state index < -0.39 is 0 Å². The van der Waals surface area contributed by atoms with Crippen LogP contribution in [-0.4, -0.2) is 5.71 Å². The Balaban J connectivity index is 1.96. The number of rotatable bonds is 3. The Morgan fingerprint density at radius 3 is 2.11 bits per heavy atom. The van der Waals surface area contributed by atoms with Crippen molar-refractivity contribution in [3.05, 3.63) is 99.1 Å². The third-order valence-corrected chi connectivity index (χ3v) is 6.20. The number of nitrogens with one attached hydrogen (secondary N) is 1. The highest BCUT2D eigenvalue weighted by Gasteiger charge is 2.20. The minimum Gasteiger partial charge on any atom is -0.300 e. The summed E-state index contributed by atoms with van der Waals surface area (Å²) in [5.41, 5.74) is 11.7. The molecule has 0 fully saturated rings. The zero-order chi connectivity index (χ0) is 20.0. The molecule has 1 nitrogen and oxygen atoms in total. The van der Waals surface area contributed by atoms with Gasteiger partial charge >= 0.3 is 0 Å². The van der Waals surface area contributed by atoms with Gasteiger partial charge in [-0.25, -0.2) is 0 Å². The lowest BCUT2D eigenvalue weighted by Crippen LogP contribution is -2.09. The molecule has 0 unspecified atom stereocenters. The fraction of sp³-hybridized carbons (Fsp3) is 0.222. The zero-order valence-electron chi connectivity index (χ0n) is 17.4. The minimum atomic E-state index is 0.617. The van der Waals surface area contributed by atoms with E-state index in [0.29, 0.717) is 5.71 Å². The van der Waals surface area contributed by atoms with Crippen molar-refractivity contribution in [3.63, 3.8) is 0 Å². The van der Waals surface area contributed by atoms with Gasteiger partial charge in [0.2, 0.25) is 0 Å². The first kappa shape index (κ1) is 18.4. The third-order valence-electron chi connectivity index (χ3n) is 6.20. The molecular formula is C27H27N. The van der Waals surface area contributed by atoms with Crippen molar-refractivity contribution in [2.24, 2.45) is 0 Å². The summed E-state index contributed by atoms with van der Waals surface area (Å²) in [6.07, 6.45) is 3.25. The molecule has 1 heteroatoms. The second kappa shape index (κ2) is 6.91. The van der Waals surface area contributed by atoms with Crippen molar-refractivity contribution < 1.29 is 0 Å². The zero-order valence-corrected chi connectivity index (χ0v) is 17.4. The van der Waals surface area contributed by atoms with Crippen LogP contribution in [0.3, 0.4) is 0 Å². The number of hydrogen-bond donors (Lipinski definition) is 1. The van der Waals surface area contributed by atoms with Crippen molar-refractivity contribution in [1.29, 1.82) is 5.41 Å². The van der Waals surface area contributed by atoms with Gasteiger partial charge in [-0.05, 0) is 97.3 Å². The van der Waals surface area contributed by atoms with Crippen LogP contribution in [0.25, 0.3) is 16.3 Å². The van der Waals surface area contributed by atoms with Crippen LogP contribution in [0.2, 0.25) is 0 Å². The van der Waals surface area contributed by atoms with Crippen LogP contribution in [0.4, 0.5) is 0 Å². The Hall–Kier alpha value is -2.93. The summed E-state index contributed by atoms with van der Waals surface area (Å²) in [7, 11) is 0. The van der Waals surface area contributed by atoms with Gasteiger partial charge < -0.3 is 0 Å². The number of hydrogen-bond acceptors (Lipinski definition) is 1. The van der Waals surface area contributed by atoms with Crippen molar-refractivity contribution in [2.45, 2.75) is 41.0 Å². The van der Waals surface area contributed by atoms with Crippen LogP contribution in [0.5, 0.6) is 0 Å². The van der Waals surface area contributed by atoms with E-state index in [2.05, 4.69) is 89.2 Å². The normalized spacial score (nSPS) is 14.0. The van der Waals surface area contributed by atoms with Crippen LogP contribution in [0.1, 0.15) is 53.6 Å². The highest BCUT2D eigenvalue weighted by molar-refractivity contribution is 6.16. The van der Waals surface area contributed by atoms with Crippen LogP contribution in [0.15, 0.2) is 65.8 Å². The molecule has 140 valence electrons. The SMILES string of the molecule is CC1=CC(C)=C(c2cc3ccccc3cc2C(=N)c2ccc(C)c(C)c2C)C1. The largest absolute Gasteiger partial charge is 0.300 e. The monoisotopic (exact) mass is 365 g/mol. The van der Waals surface area contributed by atoms with Gasteiger partial charge in [0.15, 0.2) is 0 Å². The Labute approximate surface area is 167 Å². The highest BCUT2D eigenvalue weighted by Crippen LogP contribution is 2.37. The Morgan fingerprint density at radius 1 is 0.786 bits per heavy atom. The lowest BCUT2D eigenvalue weighted by Gasteiger charge is -2.18. The summed E-state index contributed by atoms with van der Waals surface area (Å²) in [5.74, 6) is 0. The number of benzene rings is 3. The Bertz CT molecular complexity index is 1190. The summed E-state index contributed by atoms with van der Waals surface area (Å²) in [4.78, 5) is 0. The maximum absolute atomic E-state index is 9.14.